The van der Waals surface area contributed by atoms with Crippen LogP contribution in [0.15, 0.2) is 53.4 Å². The van der Waals surface area contributed by atoms with Crippen LogP contribution in [0.3, 0.4) is 0 Å². The standard InChI is InChI=1S/C21H29N3O3S/c1-15(22-17-12-10-16(11-13-17)21(2,3)4)20(25)23-18-8-7-9-19(14-18)28(26,27)24(5)6/h7-15,22H,1-6H3,(H,23,25)/t15-/m1/s1. The second kappa shape index (κ2) is 8.32. The lowest BCUT2D eigenvalue weighted by atomic mass is 9.87. The smallest absolute Gasteiger partial charge is 0.246 e. The molecule has 0 aliphatic carbocycles. The van der Waals surface area contributed by atoms with Gasteiger partial charge in [-0.25, -0.2) is 12.7 Å². The topological polar surface area (TPSA) is 78.5 Å². The largest absolute Gasteiger partial charge is 0.374 e. The van der Waals surface area contributed by atoms with E-state index in [1.807, 2.05) is 24.3 Å². The monoisotopic (exact) mass is 403 g/mol. The molecule has 0 bridgehead atoms. The van der Waals surface area contributed by atoms with Crippen molar-refractivity contribution in [2.24, 2.45) is 0 Å². The van der Waals surface area contributed by atoms with Crippen molar-refractivity contribution in [2.45, 2.75) is 44.0 Å². The summed E-state index contributed by atoms with van der Waals surface area (Å²) in [6, 6.07) is 13.7. The Morgan fingerprint density at radius 2 is 1.61 bits per heavy atom. The third kappa shape index (κ3) is 5.33. The summed E-state index contributed by atoms with van der Waals surface area (Å²) in [7, 11) is -0.614. The number of hydrogen-bond donors (Lipinski definition) is 2. The van der Waals surface area contributed by atoms with Crippen molar-refractivity contribution >= 4 is 27.3 Å². The van der Waals surface area contributed by atoms with Crippen LogP contribution in [0.5, 0.6) is 0 Å². The van der Waals surface area contributed by atoms with Gasteiger partial charge in [0.25, 0.3) is 0 Å². The number of sulfonamides is 1. The Kier molecular flexibility index (Phi) is 6.52. The molecule has 1 amide bonds. The molecule has 1 atom stereocenters. The minimum absolute atomic E-state index is 0.0689. The normalized spacial score (nSPS) is 13.2. The molecule has 0 aliphatic heterocycles. The fraction of sp³-hybridized carbons (Fsp3) is 0.381. The predicted octanol–water partition coefficient (Wildman–Crippen LogP) is 3.67. The van der Waals surface area contributed by atoms with Crippen molar-refractivity contribution < 1.29 is 13.2 Å². The summed E-state index contributed by atoms with van der Waals surface area (Å²) in [6.07, 6.45) is 0. The highest BCUT2D eigenvalue weighted by Gasteiger charge is 2.19. The van der Waals surface area contributed by atoms with Crippen LogP contribution < -0.4 is 10.6 Å². The van der Waals surface area contributed by atoms with Crippen molar-refractivity contribution in [1.82, 2.24) is 4.31 Å². The molecule has 2 rings (SSSR count). The van der Waals surface area contributed by atoms with Gasteiger partial charge in [0, 0.05) is 25.5 Å². The molecular weight excluding hydrogens is 374 g/mol. The molecule has 152 valence electrons. The lowest BCUT2D eigenvalue weighted by Gasteiger charge is -2.20. The van der Waals surface area contributed by atoms with Gasteiger partial charge in [-0.1, -0.05) is 39.0 Å². The number of amides is 1. The number of rotatable bonds is 6. The van der Waals surface area contributed by atoms with Crippen LogP contribution in [0.4, 0.5) is 11.4 Å². The van der Waals surface area contributed by atoms with Crippen molar-refractivity contribution in [1.29, 1.82) is 0 Å². The maximum atomic E-state index is 12.5. The lowest BCUT2D eigenvalue weighted by molar-refractivity contribution is -0.116. The van der Waals surface area contributed by atoms with Crippen molar-refractivity contribution in [3.05, 3.63) is 54.1 Å². The van der Waals surface area contributed by atoms with E-state index >= 15 is 0 Å². The summed E-state index contributed by atoms with van der Waals surface area (Å²) in [4.78, 5) is 12.6. The van der Waals surface area contributed by atoms with Gasteiger partial charge in [-0.3, -0.25) is 4.79 Å². The molecule has 2 aromatic rings. The van der Waals surface area contributed by atoms with E-state index in [4.69, 9.17) is 0 Å². The highest BCUT2D eigenvalue weighted by molar-refractivity contribution is 7.89. The van der Waals surface area contributed by atoms with E-state index in [2.05, 4.69) is 31.4 Å². The minimum Gasteiger partial charge on any atom is -0.374 e. The van der Waals surface area contributed by atoms with Crippen LogP contribution in [0.25, 0.3) is 0 Å². The molecule has 7 heteroatoms. The van der Waals surface area contributed by atoms with Crippen LogP contribution in [0.2, 0.25) is 0 Å². The minimum atomic E-state index is -3.55. The molecule has 0 saturated carbocycles. The Morgan fingerprint density at radius 1 is 1.00 bits per heavy atom. The zero-order valence-corrected chi connectivity index (χ0v) is 18.1. The summed E-state index contributed by atoms with van der Waals surface area (Å²) in [5, 5.41) is 5.93. The molecule has 0 unspecified atom stereocenters. The first-order chi connectivity index (χ1) is 12.9. The lowest BCUT2D eigenvalue weighted by Crippen LogP contribution is -2.32. The van der Waals surface area contributed by atoms with Gasteiger partial charge in [-0.2, -0.15) is 0 Å². The third-order valence-corrected chi connectivity index (χ3v) is 6.22. The van der Waals surface area contributed by atoms with Crippen LogP contribution in [0.1, 0.15) is 33.3 Å². The number of benzene rings is 2. The maximum Gasteiger partial charge on any atom is 0.246 e. The van der Waals surface area contributed by atoms with Gasteiger partial charge in [0.2, 0.25) is 15.9 Å². The van der Waals surface area contributed by atoms with E-state index in [9.17, 15) is 13.2 Å². The van der Waals surface area contributed by atoms with Crippen LogP contribution in [-0.4, -0.2) is 38.8 Å². The molecule has 6 nitrogen and oxygen atoms in total. The average Bonchev–Trinajstić information content (AvgIpc) is 2.61. The van der Waals surface area contributed by atoms with E-state index in [1.165, 1.54) is 31.8 Å². The Morgan fingerprint density at radius 3 is 2.14 bits per heavy atom. The fourth-order valence-electron chi connectivity index (χ4n) is 2.58. The molecule has 2 N–H and O–H groups in total. The summed E-state index contributed by atoms with van der Waals surface area (Å²) in [5.41, 5.74) is 2.57. The molecule has 0 fully saturated rings. The van der Waals surface area contributed by atoms with Crippen molar-refractivity contribution in [3.8, 4) is 0 Å². The second-order valence-electron chi connectivity index (χ2n) is 8.00. The van der Waals surface area contributed by atoms with Crippen LogP contribution in [0, 0.1) is 0 Å². The first kappa shape index (κ1) is 21.9. The molecule has 28 heavy (non-hydrogen) atoms. The first-order valence-corrected chi connectivity index (χ1v) is 10.6. The van der Waals surface area contributed by atoms with E-state index in [0.29, 0.717) is 5.69 Å². The Bertz CT molecular complexity index is 930. The van der Waals surface area contributed by atoms with E-state index in [0.717, 1.165) is 9.99 Å². The Balaban J connectivity index is 2.07. The Hall–Kier alpha value is -2.38. The van der Waals surface area contributed by atoms with Gasteiger partial charge in [0.05, 0.1) is 4.90 Å². The number of anilines is 2. The highest BCUT2D eigenvalue weighted by atomic mass is 32.2. The van der Waals surface area contributed by atoms with Gasteiger partial charge in [-0.15, -0.1) is 0 Å². The molecular formula is C21H29N3O3S. The van der Waals surface area contributed by atoms with Crippen molar-refractivity contribution in [3.63, 3.8) is 0 Å². The highest BCUT2D eigenvalue weighted by Crippen LogP contribution is 2.24. The van der Waals surface area contributed by atoms with Gasteiger partial charge in [0.15, 0.2) is 0 Å². The van der Waals surface area contributed by atoms with E-state index in [-0.39, 0.29) is 16.2 Å². The zero-order valence-electron chi connectivity index (χ0n) is 17.3. The summed E-state index contributed by atoms with van der Waals surface area (Å²) >= 11 is 0. The van der Waals surface area contributed by atoms with Crippen LogP contribution in [-0.2, 0) is 20.2 Å². The fourth-order valence-corrected chi connectivity index (χ4v) is 3.53. The maximum absolute atomic E-state index is 12.5. The molecule has 0 aliphatic rings. The first-order valence-electron chi connectivity index (χ1n) is 9.12. The number of hydrogen-bond acceptors (Lipinski definition) is 4. The molecule has 0 spiro atoms. The van der Waals surface area contributed by atoms with Crippen molar-refractivity contribution in [2.75, 3.05) is 24.7 Å². The average molecular weight is 404 g/mol. The second-order valence-corrected chi connectivity index (χ2v) is 10.1. The zero-order chi connectivity index (χ0) is 21.1. The number of nitrogens with zero attached hydrogens (tertiary/aromatic N) is 1. The van der Waals surface area contributed by atoms with Gasteiger partial charge < -0.3 is 10.6 Å². The third-order valence-electron chi connectivity index (χ3n) is 4.41. The molecule has 0 saturated heterocycles. The van der Waals surface area contributed by atoms with Gasteiger partial charge in [0.1, 0.15) is 6.04 Å². The quantitative estimate of drug-likeness (QED) is 0.771. The Labute approximate surface area is 168 Å². The summed E-state index contributed by atoms with van der Waals surface area (Å²) < 4.78 is 25.6. The predicted molar refractivity (Wildman–Crippen MR) is 114 cm³/mol. The van der Waals surface area contributed by atoms with Gasteiger partial charge in [-0.05, 0) is 48.2 Å². The van der Waals surface area contributed by atoms with E-state index < -0.39 is 16.1 Å². The molecule has 2 aromatic carbocycles. The molecule has 0 heterocycles. The van der Waals surface area contributed by atoms with Crippen LogP contribution >= 0.6 is 0 Å². The van der Waals surface area contributed by atoms with E-state index in [1.54, 1.807) is 19.1 Å². The SMILES string of the molecule is C[C@@H](Nc1ccc(C(C)(C)C)cc1)C(=O)Nc1cccc(S(=O)(=O)N(C)C)c1. The summed E-state index contributed by atoms with van der Waals surface area (Å²) in [5.74, 6) is -0.251. The summed E-state index contributed by atoms with van der Waals surface area (Å²) in [6.45, 7) is 8.20. The van der Waals surface area contributed by atoms with Gasteiger partial charge >= 0.3 is 0 Å². The number of carbonyl (C=O) groups excluding carboxylic acids is 1. The number of carbonyl (C=O) groups is 1. The molecule has 0 aromatic heterocycles. The number of nitrogens with one attached hydrogen (secondary N) is 2. The molecule has 0 radical (unpaired) electrons.